The summed E-state index contributed by atoms with van der Waals surface area (Å²) >= 11 is 0. The molecular formula is C10H18N2O5. The second kappa shape index (κ2) is 6.85. The molecule has 7 heteroatoms. The lowest BCUT2D eigenvalue weighted by Gasteiger charge is -2.21. The summed E-state index contributed by atoms with van der Waals surface area (Å²) in [5, 5.41) is 19.6. The molecule has 0 aromatic carbocycles. The number of carbonyl (C=O) groups excluding carboxylic acids is 1. The van der Waals surface area contributed by atoms with Gasteiger partial charge in [-0.25, -0.2) is 4.79 Å². The standard InChI is InChI=1S/C10H18N2O5/c1-3-5(2)8(10(16)17)12-9(15)6(11)4-7(13)14/h5-6,8H,3-4,11H2,1-2H3,(H,12,15)(H,13,14)(H,16,17). The Hall–Kier alpha value is -1.63. The highest BCUT2D eigenvalue weighted by molar-refractivity contribution is 5.89. The number of carbonyl (C=O) groups is 3. The first-order valence-electron chi connectivity index (χ1n) is 5.30. The largest absolute Gasteiger partial charge is 0.481 e. The van der Waals surface area contributed by atoms with Crippen molar-refractivity contribution in [1.29, 1.82) is 0 Å². The minimum absolute atomic E-state index is 0.256. The Kier molecular flexibility index (Phi) is 6.19. The van der Waals surface area contributed by atoms with Crippen molar-refractivity contribution in [2.45, 2.75) is 38.8 Å². The molecule has 0 aromatic rings. The quantitative estimate of drug-likeness (QED) is 0.474. The summed E-state index contributed by atoms with van der Waals surface area (Å²) in [6.07, 6.45) is 0.0457. The van der Waals surface area contributed by atoms with E-state index in [1.165, 1.54) is 0 Å². The van der Waals surface area contributed by atoms with E-state index in [1.54, 1.807) is 13.8 Å². The molecule has 5 N–H and O–H groups in total. The Morgan fingerprint density at radius 2 is 1.82 bits per heavy atom. The van der Waals surface area contributed by atoms with Crippen LogP contribution < -0.4 is 11.1 Å². The summed E-state index contributed by atoms with van der Waals surface area (Å²) in [5.41, 5.74) is 5.32. The van der Waals surface area contributed by atoms with Crippen molar-refractivity contribution in [1.82, 2.24) is 5.32 Å². The third-order valence-electron chi connectivity index (χ3n) is 2.51. The van der Waals surface area contributed by atoms with Gasteiger partial charge < -0.3 is 21.3 Å². The van der Waals surface area contributed by atoms with Crippen molar-refractivity contribution in [2.75, 3.05) is 0 Å². The number of carboxylic acid groups (broad SMARTS) is 2. The summed E-state index contributed by atoms with van der Waals surface area (Å²) in [6.45, 7) is 3.48. The molecule has 0 aromatic heterocycles. The van der Waals surface area contributed by atoms with Crippen LogP contribution in [0.2, 0.25) is 0 Å². The van der Waals surface area contributed by atoms with Crippen molar-refractivity contribution in [2.24, 2.45) is 11.7 Å². The van der Waals surface area contributed by atoms with Crippen molar-refractivity contribution in [3.8, 4) is 0 Å². The van der Waals surface area contributed by atoms with Gasteiger partial charge in [-0.15, -0.1) is 0 Å². The van der Waals surface area contributed by atoms with E-state index in [2.05, 4.69) is 5.32 Å². The van der Waals surface area contributed by atoms with Crippen LogP contribution in [-0.2, 0) is 14.4 Å². The minimum Gasteiger partial charge on any atom is -0.481 e. The Bertz CT molecular complexity index is 305. The van der Waals surface area contributed by atoms with Gasteiger partial charge in [0.25, 0.3) is 0 Å². The van der Waals surface area contributed by atoms with Gasteiger partial charge in [-0.1, -0.05) is 20.3 Å². The van der Waals surface area contributed by atoms with E-state index in [1.807, 2.05) is 0 Å². The maximum absolute atomic E-state index is 11.5. The zero-order valence-corrected chi connectivity index (χ0v) is 9.84. The third kappa shape index (κ3) is 5.30. The molecule has 0 rings (SSSR count). The van der Waals surface area contributed by atoms with Crippen molar-refractivity contribution in [3.05, 3.63) is 0 Å². The molecule has 0 saturated heterocycles. The van der Waals surface area contributed by atoms with Gasteiger partial charge in [-0.3, -0.25) is 9.59 Å². The molecule has 0 aliphatic rings. The van der Waals surface area contributed by atoms with Crippen molar-refractivity contribution < 1.29 is 24.6 Å². The normalized spacial score (nSPS) is 15.7. The van der Waals surface area contributed by atoms with E-state index < -0.39 is 36.4 Å². The fourth-order valence-electron chi connectivity index (χ4n) is 1.22. The molecule has 0 aliphatic carbocycles. The highest BCUT2D eigenvalue weighted by Gasteiger charge is 2.28. The minimum atomic E-state index is -1.24. The van der Waals surface area contributed by atoms with Crippen LogP contribution in [0.3, 0.4) is 0 Å². The number of hydrogen-bond donors (Lipinski definition) is 4. The highest BCUT2D eigenvalue weighted by atomic mass is 16.4. The topological polar surface area (TPSA) is 130 Å². The molecule has 0 spiro atoms. The zero-order valence-electron chi connectivity index (χ0n) is 9.84. The molecule has 17 heavy (non-hydrogen) atoms. The fraction of sp³-hybridized carbons (Fsp3) is 0.700. The summed E-state index contributed by atoms with van der Waals surface area (Å²) in [5.74, 6) is -3.38. The van der Waals surface area contributed by atoms with Gasteiger partial charge in [0.15, 0.2) is 0 Å². The van der Waals surface area contributed by atoms with Crippen molar-refractivity contribution in [3.63, 3.8) is 0 Å². The van der Waals surface area contributed by atoms with Gasteiger partial charge in [0.1, 0.15) is 6.04 Å². The lowest BCUT2D eigenvalue weighted by atomic mass is 9.99. The Morgan fingerprint density at radius 3 is 2.18 bits per heavy atom. The van der Waals surface area contributed by atoms with E-state index in [9.17, 15) is 14.4 Å². The van der Waals surface area contributed by atoms with E-state index in [0.29, 0.717) is 6.42 Å². The highest BCUT2D eigenvalue weighted by Crippen LogP contribution is 2.08. The molecule has 7 nitrogen and oxygen atoms in total. The Balaban J connectivity index is 4.50. The van der Waals surface area contributed by atoms with E-state index >= 15 is 0 Å². The SMILES string of the molecule is CCC(C)C(NC(=O)C(N)CC(=O)O)C(=O)O. The fourth-order valence-corrected chi connectivity index (χ4v) is 1.22. The van der Waals surface area contributed by atoms with E-state index in [4.69, 9.17) is 15.9 Å². The number of nitrogens with one attached hydrogen (secondary N) is 1. The summed E-state index contributed by atoms with van der Waals surface area (Å²) in [7, 11) is 0. The zero-order chi connectivity index (χ0) is 13.6. The van der Waals surface area contributed by atoms with Gasteiger partial charge in [0, 0.05) is 0 Å². The number of nitrogens with two attached hydrogens (primary N) is 1. The third-order valence-corrected chi connectivity index (χ3v) is 2.51. The number of amides is 1. The first-order chi connectivity index (χ1) is 7.79. The molecule has 98 valence electrons. The van der Waals surface area contributed by atoms with Crippen LogP contribution in [0, 0.1) is 5.92 Å². The van der Waals surface area contributed by atoms with E-state index in [-0.39, 0.29) is 5.92 Å². The molecule has 0 aliphatic heterocycles. The van der Waals surface area contributed by atoms with Crippen LogP contribution >= 0.6 is 0 Å². The number of rotatable bonds is 7. The monoisotopic (exact) mass is 246 g/mol. The maximum Gasteiger partial charge on any atom is 0.326 e. The van der Waals surface area contributed by atoms with Crippen LogP contribution in [-0.4, -0.2) is 40.1 Å². The number of carboxylic acids is 2. The molecule has 0 bridgehead atoms. The Labute approximate surface area is 99.0 Å². The lowest BCUT2D eigenvalue weighted by molar-refractivity contribution is -0.144. The predicted octanol–water partition coefficient (Wildman–Crippen LogP) is -0.596. The summed E-state index contributed by atoms with van der Waals surface area (Å²) < 4.78 is 0. The number of aliphatic carboxylic acids is 2. The van der Waals surface area contributed by atoms with Gasteiger partial charge in [0.05, 0.1) is 12.5 Å². The second-order valence-electron chi connectivity index (χ2n) is 3.91. The maximum atomic E-state index is 11.5. The van der Waals surface area contributed by atoms with Gasteiger partial charge in [-0.2, -0.15) is 0 Å². The average Bonchev–Trinajstić information content (AvgIpc) is 2.22. The molecule has 3 unspecified atom stereocenters. The average molecular weight is 246 g/mol. The second-order valence-corrected chi connectivity index (χ2v) is 3.91. The molecular weight excluding hydrogens is 228 g/mol. The molecule has 3 atom stereocenters. The molecule has 0 heterocycles. The van der Waals surface area contributed by atoms with Crippen LogP contribution in [0.25, 0.3) is 0 Å². The smallest absolute Gasteiger partial charge is 0.326 e. The van der Waals surface area contributed by atoms with Crippen LogP contribution in [0.5, 0.6) is 0 Å². The summed E-state index contributed by atoms with van der Waals surface area (Å²) in [4.78, 5) is 32.7. The van der Waals surface area contributed by atoms with Crippen LogP contribution in [0.15, 0.2) is 0 Å². The van der Waals surface area contributed by atoms with Crippen molar-refractivity contribution >= 4 is 17.8 Å². The number of hydrogen-bond acceptors (Lipinski definition) is 4. The van der Waals surface area contributed by atoms with Gasteiger partial charge in [-0.05, 0) is 5.92 Å². The first kappa shape index (κ1) is 15.4. The predicted molar refractivity (Wildman–Crippen MR) is 59.2 cm³/mol. The lowest BCUT2D eigenvalue weighted by Crippen LogP contribution is -2.51. The summed E-state index contributed by atoms with van der Waals surface area (Å²) in [6, 6.07) is -2.29. The van der Waals surface area contributed by atoms with Gasteiger partial charge >= 0.3 is 11.9 Å². The molecule has 0 saturated carbocycles. The van der Waals surface area contributed by atoms with E-state index in [0.717, 1.165) is 0 Å². The molecule has 1 amide bonds. The Morgan fingerprint density at radius 1 is 1.29 bits per heavy atom. The molecule has 0 radical (unpaired) electrons. The van der Waals surface area contributed by atoms with Crippen LogP contribution in [0.1, 0.15) is 26.7 Å². The molecule has 0 fully saturated rings. The first-order valence-corrected chi connectivity index (χ1v) is 5.30. The van der Waals surface area contributed by atoms with Crippen LogP contribution in [0.4, 0.5) is 0 Å². The van der Waals surface area contributed by atoms with Gasteiger partial charge in [0.2, 0.25) is 5.91 Å².